The van der Waals surface area contributed by atoms with Crippen molar-refractivity contribution in [3.63, 3.8) is 0 Å². The van der Waals surface area contributed by atoms with E-state index in [1.54, 1.807) is 0 Å². The maximum Gasteiger partial charge on any atom is 0.0924 e. The van der Waals surface area contributed by atoms with Crippen LogP contribution in [-0.2, 0) is 0 Å². The molecule has 0 bridgehead atoms. The van der Waals surface area contributed by atoms with E-state index in [-0.39, 0.29) is 0 Å². The van der Waals surface area contributed by atoms with Crippen LogP contribution in [0.2, 0.25) is 0 Å². The molecule has 2 aromatic rings. The Morgan fingerprint density at radius 2 is 2.25 bits per heavy atom. The summed E-state index contributed by atoms with van der Waals surface area (Å²) in [5.41, 5.74) is 1.04. The fourth-order valence-corrected chi connectivity index (χ4v) is 2.65. The quantitative estimate of drug-likeness (QED) is 0.919. The second-order valence-corrected chi connectivity index (χ2v) is 5.40. The van der Waals surface area contributed by atoms with Crippen molar-refractivity contribution in [3.8, 4) is 0 Å². The van der Waals surface area contributed by atoms with E-state index in [4.69, 9.17) is 5.11 Å². The van der Waals surface area contributed by atoms with E-state index in [9.17, 15) is 0 Å². The number of rotatable bonds is 2. The standard InChI is InChI=1S/C12H13BrN2O/c13-10-1-2-12-9(5-10)6-15(14-12)11-3-8(4-11)7-16/h1-2,5-6,8,11,16H,3-4,7H2/t8-,11-. The van der Waals surface area contributed by atoms with Gasteiger partial charge in [-0.25, -0.2) is 0 Å². The number of fused-ring (bicyclic) bond motifs is 1. The molecule has 0 radical (unpaired) electrons. The van der Waals surface area contributed by atoms with Crippen molar-refractivity contribution in [1.82, 2.24) is 9.78 Å². The third kappa shape index (κ3) is 1.66. The SMILES string of the molecule is OC[C@H]1C[C@H](n2cc3cc(Br)ccc3n2)C1. The lowest BCUT2D eigenvalue weighted by atomic mass is 9.81. The van der Waals surface area contributed by atoms with Crippen LogP contribution in [0.5, 0.6) is 0 Å². The maximum absolute atomic E-state index is 8.99. The number of aromatic nitrogens is 2. The van der Waals surface area contributed by atoms with Gasteiger partial charge in [-0.2, -0.15) is 5.10 Å². The first-order valence-corrected chi connectivity index (χ1v) is 6.31. The number of halogens is 1. The highest BCUT2D eigenvalue weighted by Crippen LogP contribution is 2.37. The minimum Gasteiger partial charge on any atom is -0.396 e. The van der Waals surface area contributed by atoms with E-state index in [2.05, 4.69) is 33.3 Å². The van der Waals surface area contributed by atoms with Crippen LogP contribution in [0.4, 0.5) is 0 Å². The van der Waals surface area contributed by atoms with Gasteiger partial charge in [-0.3, -0.25) is 4.68 Å². The lowest BCUT2D eigenvalue weighted by Gasteiger charge is -2.33. The highest BCUT2D eigenvalue weighted by atomic mass is 79.9. The topological polar surface area (TPSA) is 38.0 Å². The first kappa shape index (κ1) is 10.3. The van der Waals surface area contributed by atoms with Gasteiger partial charge in [0.05, 0.1) is 11.6 Å². The first-order chi connectivity index (χ1) is 7.76. The summed E-state index contributed by atoms with van der Waals surface area (Å²) in [6, 6.07) is 6.60. The Balaban J connectivity index is 1.89. The van der Waals surface area contributed by atoms with Gasteiger partial charge in [0, 0.05) is 22.7 Å². The summed E-state index contributed by atoms with van der Waals surface area (Å²) in [7, 11) is 0. The van der Waals surface area contributed by atoms with E-state index in [1.807, 2.05) is 16.8 Å². The van der Waals surface area contributed by atoms with Crippen LogP contribution >= 0.6 is 15.9 Å². The Labute approximate surface area is 102 Å². The Morgan fingerprint density at radius 3 is 3.00 bits per heavy atom. The minimum atomic E-state index is 0.308. The summed E-state index contributed by atoms with van der Waals surface area (Å²) in [5, 5.41) is 14.7. The van der Waals surface area contributed by atoms with Crippen LogP contribution in [0, 0.1) is 5.92 Å². The van der Waals surface area contributed by atoms with Crippen molar-refractivity contribution in [2.75, 3.05) is 6.61 Å². The first-order valence-electron chi connectivity index (χ1n) is 5.51. The molecule has 0 spiro atoms. The molecule has 0 atom stereocenters. The lowest BCUT2D eigenvalue weighted by molar-refractivity contribution is 0.106. The average Bonchev–Trinajstić information content (AvgIpc) is 2.58. The van der Waals surface area contributed by atoms with Crippen LogP contribution in [-0.4, -0.2) is 21.5 Å². The molecule has 1 aromatic carbocycles. The number of hydrogen-bond donors (Lipinski definition) is 1. The Hall–Kier alpha value is -0.870. The van der Waals surface area contributed by atoms with E-state index in [0.717, 1.165) is 22.8 Å². The molecule has 1 heterocycles. The molecule has 0 saturated heterocycles. The van der Waals surface area contributed by atoms with Gasteiger partial charge in [0.2, 0.25) is 0 Å². The van der Waals surface area contributed by atoms with Crippen LogP contribution in [0.25, 0.3) is 10.9 Å². The molecule has 4 heteroatoms. The van der Waals surface area contributed by atoms with Gasteiger partial charge >= 0.3 is 0 Å². The molecule has 16 heavy (non-hydrogen) atoms. The zero-order valence-corrected chi connectivity index (χ0v) is 10.4. The Bertz CT molecular complexity index is 517. The third-order valence-electron chi connectivity index (χ3n) is 3.33. The summed E-state index contributed by atoms with van der Waals surface area (Å²) >= 11 is 3.46. The molecule has 3 nitrogen and oxygen atoms in total. The molecule has 0 amide bonds. The van der Waals surface area contributed by atoms with Crippen molar-refractivity contribution < 1.29 is 5.11 Å². The van der Waals surface area contributed by atoms with Gasteiger partial charge in [-0.15, -0.1) is 0 Å². The van der Waals surface area contributed by atoms with Gasteiger partial charge in [-0.05, 0) is 37.0 Å². The van der Waals surface area contributed by atoms with Crippen molar-refractivity contribution in [2.45, 2.75) is 18.9 Å². The molecule has 1 saturated carbocycles. The third-order valence-corrected chi connectivity index (χ3v) is 3.82. The van der Waals surface area contributed by atoms with Crippen LogP contribution in [0.3, 0.4) is 0 Å². The molecule has 1 aliphatic rings. The van der Waals surface area contributed by atoms with Gasteiger partial charge in [0.25, 0.3) is 0 Å². The number of aliphatic hydroxyl groups is 1. The largest absolute Gasteiger partial charge is 0.396 e. The average molecular weight is 281 g/mol. The lowest BCUT2D eigenvalue weighted by Crippen LogP contribution is -2.29. The van der Waals surface area contributed by atoms with Crippen molar-refractivity contribution in [3.05, 3.63) is 28.9 Å². The normalized spacial score (nSPS) is 24.6. The summed E-state index contributed by atoms with van der Waals surface area (Å²) < 4.78 is 3.13. The van der Waals surface area contributed by atoms with Gasteiger partial charge in [0.1, 0.15) is 0 Å². The van der Waals surface area contributed by atoms with Gasteiger partial charge in [-0.1, -0.05) is 15.9 Å². The molecule has 0 aliphatic heterocycles. The zero-order chi connectivity index (χ0) is 11.1. The smallest absolute Gasteiger partial charge is 0.0924 e. The second kappa shape index (κ2) is 3.86. The number of benzene rings is 1. The fourth-order valence-electron chi connectivity index (χ4n) is 2.27. The summed E-state index contributed by atoms with van der Waals surface area (Å²) in [6.07, 6.45) is 4.19. The molecule has 84 valence electrons. The molecule has 1 fully saturated rings. The van der Waals surface area contributed by atoms with Gasteiger partial charge < -0.3 is 5.11 Å². The van der Waals surface area contributed by atoms with E-state index >= 15 is 0 Å². The van der Waals surface area contributed by atoms with Crippen molar-refractivity contribution in [2.24, 2.45) is 5.92 Å². The molecule has 1 aromatic heterocycles. The Kier molecular flexibility index (Phi) is 2.48. The molecular weight excluding hydrogens is 268 g/mol. The molecular formula is C12H13BrN2O. The predicted molar refractivity (Wildman–Crippen MR) is 66.3 cm³/mol. The van der Waals surface area contributed by atoms with Crippen molar-refractivity contribution in [1.29, 1.82) is 0 Å². The summed E-state index contributed by atoms with van der Waals surface area (Å²) in [6.45, 7) is 0.308. The molecule has 3 rings (SSSR count). The van der Waals surface area contributed by atoms with Crippen LogP contribution in [0.15, 0.2) is 28.9 Å². The zero-order valence-electron chi connectivity index (χ0n) is 8.81. The number of aliphatic hydroxyl groups excluding tert-OH is 1. The summed E-state index contributed by atoms with van der Waals surface area (Å²) in [5.74, 6) is 0.476. The highest BCUT2D eigenvalue weighted by molar-refractivity contribution is 9.10. The monoisotopic (exact) mass is 280 g/mol. The minimum absolute atomic E-state index is 0.308. The summed E-state index contributed by atoms with van der Waals surface area (Å²) in [4.78, 5) is 0. The maximum atomic E-state index is 8.99. The van der Waals surface area contributed by atoms with Crippen LogP contribution < -0.4 is 0 Å². The van der Waals surface area contributed by atoms with E-state index < -0.39 is 0 Å². The molecule has 1 N–H and O–H groups in total. The second-order valence-electron chi connectivity index (χ2n) is 4.49. The Morgan fingerprint density at radius 1 is 1.44 bits per heavy atom. The van der Waals surface area contributed by atoms with E-state index in [0.29, 0.717) is 18.6 Å². The molecule has 0 unspecified atom stereocenters. The number of hydrogen-bond acceptors (Lipinski definition) is 2. The molecule has 1 aliphatic carbocycles. The van der Waals surface area contributed by atoms with E-state index in [1.165, 1.54) is 5.39 Å². The highest BCUT2D eigenvalue weighted by Gasteiger charge is 2.30. The van der Waals surface area contributed by atoms with Gasteiger partial charge in [0.15, 0.2) is 0 Å². The fraction of sp³-hybridized carbons (Fsp3) is 0.417. The number of nitrogens with zero attached hydrogens (tertiary/aromatic N) is 2. The predicted octanol–water partition coefficient (Wildman–Crippen LogP) is 2.74. The van der Waals surface area contributed by atoms with Crippen LogP contribution in [0.1, 0.15) is 18.9 Å². The van der Waals surface area contributed by atoms with Crippen molar-refractivity contribution >= 4 is 26.8 Å².